The fourth-order valence-electron chi connectivity index (χ4n) is 4.03. The number of rotatable bonds is 7. The fourth-order valence-corrected chi connectivity index (χ4v) is 4.03. The highest BCUT2D eigenvalue weighted by Crippen LogP contribution is 2.30. The molecular weight excluding hydrogens is 368 g/mol. The Labute approximate surface area is 170 Å². The van der Waals surface area contributed by atoms with Crippen molar-refractivity contribution < 1.29 is 19.4 Å². The van der Waals surface area contributed by atoms with Gasteiger partial charge in [0.25, 0.3) is 0 Å². The van der Waals surface area contributed by atoms with E-state index in [1.807, 2.05) is 48.5 Å². The maximum absolute atomic E-state index is 11.1. The van der Waals surface area contributed by atoms with Gasteiger partial charge in [0.05, 0.1) is 12.1 Å². The molecule has 1 saturated heterocycles. The van der Waals surface area contributed by atoms with Crippen molar-refractivity contribution in [2.24, 2.45) is 0 Å². The van der Waals surface area contributed by atoms with Gasteiger partial charge in [0.1, 0.15) is 5.75 Å². The van der Waals surface area contributed by atoms with E-state index in [0.717, 1.165) is 35.3 Å². The number of carbonyl (C=O) groups is 1. The quantitative estimate of drug-likeness (QED) is 0.454. The minimum atomic E-state index is -1.33. The SMILES string of the molecule is C[C@@H]1CCCN1CCCOc1ccc(-n2c(OC(=O)O)cc3ccccc32)cc1. The number of likely N-dealkylation sites (tertiary alicyclic amines) is 1. The molecule has 2 heterocycles. The van der Waals surface area contributed by atoms with Gasteiger partial charge in [-0.25, -0.2) is 4.79 Å². The van der Waals surface area contributed by atoms with Crippen molar-refractivity contribution in [1.82, 2.24) is 9.47 Å². The summed E-state index contributed by atoms with van der Waals surface area (Å²) in [5.41, 5.74) is 1.71. The highest BCUT2D eigenvalue weighted by atomic mass is 16.7. The lowest BCUT2D eigenvalue weighted by atomic mass is 10.2. The number of fused-ring (bicyclic) bond motifs is 1. The predicted octanol–water partition coefficient (Wildman–Crippen LogP) is 4.94. The standard InChI is InChI=1S/C23H26N2O4/c1-17-6-4-13-24(17)14-5-15-28-20-11-9-19(10-12-20)25-21-8-3-2-7-18(21)16-22(25)29-23(26)27/h2-3,7-12,16-17H,4-6,13-15H2,1H3,(H,26,27)/t17-/m1/s1. The molecule has 0 unspecified atom stereocenters. The molecule has 1 N–H and O–H groups in total. The van der Waals surface area contributed by atoms with Crippen LogP contribution in [0.25, 0.3) is 16.6 Å². The maximum Gasteiger partial charge on any atom is 0.512 e. The second-order valence-corrected chi connectivity index (χ2v) is 7.47. The van der Waals surface area contributed by atoms with E-state index in [-0.39, 0.29) is 5.88 Å². The van der Waals surface area contributed by atoms with Gasteiger partial charge in [-0.05, 0) is 63.1 Å². The van der Waals surface area contributed by atoms with E-state index in [1.165, 1.54) is 19.4 Å². The molecule has 4 rings (SSSR count). The number of nitrogens with zero attached hydrogens (tertiary/aromatic N) is 2. The molecule has 0 amide bonds. The van der Waals surface area contributed by atoms with Crippen LogP contribution in [0.1, 0.15) is 26.2 Å². The minimum absolute atomic E-state index is 0.270. The van der Waals surface area contributed by atoms with Crippen LogP contribution in [0.3, 0.4) is 0 Å². The third-order valence-electron chi connectivity index (χ3n) is 5.51. The summed E-state index contributed by atoms with van der Waals surface area (Å²) in [7, 11) is 0. The van der Waals surface area contributed by atoms with Crippen molar-refractivity contribution >= 4 is 17.1 Å². The molecule has 1 aliphatic rings. The number of hydrogen-bond acceptors (Lipinski definition) is 4. The van der Waals surface area contributed by atoms with Gasteiger partial charge in [0, 0.05) is 29.7 Å². The summed E-state index contributed by atoms with van der Waals surface area (Å²) >= 11 is 0. The Morgan fingerprint density at radius 2 is 1.97 bits per heavy atom. The summed E-state index contributed by atoms with van der Waals surface area (Å²) in [6.45, 7) is 5.24. The molecule has 1 aromatic heterocycles. The smallest absolute Gasteiger partial charge is 0.494 e. The number of ether oxygens (including phenoxy) is 2. The van der Waals surface area contributed by atoms with Crippen LogP contribution in [0.5, 0.6) is 11.6 Å². The Morgan fingerprint density at radius 3 is 2.69 bits per heavy atom. The van der Waals surface area contributed by atoms with Crippen LogP contribution in [0.15, 0.2) is 54.6 Å². The molecular formula is C23H26N2O4. The Bertz CT molecular complexity index is 980. The first-order chi connectivity index (χ1) is 14.1. The van der Waals surface area contributed by atoms with Crippen LogP contribution in [-0.4, -0.2) is 46.5 Å². The van der Waals surface area contributed by atoms with Gasteiger partial charge >= 0.3 is 6.16 Å². The molecule has 1 fully saturated rings. The summed E-state index contributed by atoms with van der Waals surface area (Å²) in [4.78, 5) is 13.6. The molecule has 6 heteroatoms. The zero-order chi connectivity index (χ0) is 20.2. The van der Waals surface area contributed by atoms with E-state index in [2.05, 4.69) is 11.8 Å². The Morgan fingerprint density at radius 1 is 1.17 bits per heavy atom. The van der Waals surface area contributed by atoms with E-state index in [0.29, 0.717) is 12.6 Å². The molecule has 0 bridgehead atoms. The van der Waals surface area contributed by atoms with Crippen molar-refractivity contribution in [3.8, 4) is 17.3 Å². The fraction of sp³-hybridized carbons (Fsp3) is 0.348. The number of para-hydroxylation sites is 1. The molecule has 1 atom stereocenters. The number of hydrogen-bond donors (Lipinski definition) is 1. The van der Waals surface area contributed by atoms with Gasteiger partial charge < -0.3 is 19.5 Å². The van der Waals surface area contributed by atoms with E-state index >= 15 is 0 Å². The van der Waals surface area contributed by atoms with Crippen molar-refractivity contribution in [3.63, 3.8) is 0 Å². The first-order valence-electron chi connectivity index (χ1n) is 10.1. The van der Waals surface area contributed by atoms with Crippen molar-refractivity contribution in [3.05, 3.63) is 54.6 Å². The first kappa shape index (κ1) is 19.3. The molecule has 0 radical (unpaired) electrons. The maximum atomic E-state index is 11.1. The predicted molar refractivity (Wildman–Crippen MR) is 112 cm³/mol. The Kier molecular flexibility index (Phi) is 5.71. The highest BCUT2D eigenvalue weighted by molar-refractivity contribution is 5.85. The van der Waals surface area contributed by atoms with E-state index in [1.54, 1.807) is 10.6 Å². The van der Waals surface area contributed by atoms with Crippen LogP contribution in [0, 0.1) is 0 Å². The average molecular weight is 394 g/mol. The molecule has 2 aromatic carbocycles. The zero-order valence-electron chi connectivity index (χ0n) is 16.6. The normalized spacial score (nSPS) is 16.9. The monoisotopic (exact) mass is 394 g/mol. The van der Waals surface area contributed by atoms with Crippen LogP contribution >= 0.6 is 0 Å². The molecule has 0 saturated carbocycles. The van der Waals surface area contributed by atoms with Gasteiger partial charge in [0.2, 0.25) is 5.88 Å². The van der Waals surface area contributed by atoms with Gasteiger partial charge in [0.15, 0.2) is 0 Å². The Hall–Kier alpha value is -2.99. The van der Waals surface area contributed by atoms with Crippen LogP contribution in [0.2, 0.25) is 0 Å². The Balaban J connectivity index is 1.44. The molecule has 3 aromatic rings. The summed E-state index contributed by atoms with van der Waals surface area (Å²) in [6, 6.07) is 17.8. The lowest BCUT2D eigenvalue weighted by Gasteiger charge is -2.20. The van der Waals surface area contributed by atoms with Crippen molar-refractivity contribution in [1.29, 1.82) is 0 Å². The average Bonchev–Trinajstić information content (AvgIpc) is 3.28. The van der Waals surface area contributed by atoms with Gasteiger partial charge in [-0.3, -0.25) is 4.57 Å². The van der Waals surface area contributed by atoms with Gasteiger partial charge in [-0.1, -0.05) is 18.2 Å². The van der Waals surface area contributed by atoms with Crippen LogP contribution in [-0.2, 0) is 0 Å². The van der Waals surface area contributed by atoms with Gasteiger partial charge in [-0.15, -0.1) is 0 Å². The topological polar surface area (TPSA) is 63.9 Å². The van der Waals surface area contributed by atoms with E-state index in [4.69, 9.17) is 14.6 Å². The number of aromatic nitrogens is 1. The molecule has 0 spiro atoms. The lowest BCUT2D eigenvalue weighted by Crippen LogP contribution is -2.28. The second-order valence-electron chi connectivity index (χ2n) is 7.47. The minimum Gasteiger partial charge on any atom is -0.494 e. The van der Waals surface area contributed by atoms with Gasteiger partial charge in [-0.2, -0.15) is 0 Å². The van der Waals surface area contributed by atoms with Crippen molar-refractivity contribution in [2.75, 3.05) is 19.7 Å². The second kappa shape index (κ2) is 8.57. The number of benzene rings is 2. The van der Waals surface area contributed by atoms with E-state index in [9.17, 15) is 4.79 Å². The summed E-state index contributed by atoms with van der Waals surface area (Å²) in [5.74, 6) is 1.08. The highest BCUT2D eigenvalue weighted by Gasteiger charge is 2.19. The number of carboxylic acid groups (broad SMARTS) is 1. The summed E-state index contributed by atoms with van der Waals surface area (Å²) in [6.07, 6.45) is 2.27. The molecule has 29 heavy (non-hydrogen) atoms. The third-order valence-corrected chi connectivity index (χ3v) is 5.51. The zero-order valence-corrected chi connectivity index (χ0v) is 16.6. The third kappa shape index (κ3) is 4.38. The van der Waals surface area contributed by atoms with Crippen molar-refractivity contribution in [2.45, 2.75) is 32.2 Å². The molecule has 0 aliphatic carbocycles. The summed E-state index contributed by atoms with van der Waals surface area (Å²) in [5, 5.41) is 9.98. The first-order valence-corrected chi connectivity index (χ1v) is 10.1. The van der Waals surface area contributed by atoms with E-state index < -0.39 is 6.16 Å². The summed E-state index contributed by atoms with van der Waals surface area (Å²) < 4.78 is 12.7. The molecule has 152 valence electrons. The van der Waals surface area contributed by atoms with Crippen LogP contribution < -0.4 is 9.47 Å². The largest absolute Gasteiger partial charge is 0.512 e. The molecule has 1 aliphatic heterocycles. The van der Waals surface area contributed by atoms with Crippen LogP contribution in [0.4, 0.5) is 4.79 Å². The molecule has 6 nitrogen and oxygen atoms in total. The lowest BCUT2D eigenvalue weighted by molar-refractivity contribution is 0.142.